The van der Waals surface area contributed by atoms with Crippen LogP contribution < -0.4 is 0 Å². The van der Waals surface area contributed by atoms with Gasteiger partial charge in [-0.1, -0.05) is 22.6 Å². The Kier molecular flexibility index (Phi) is 3.51. The summed E-state index contributed by atoms with van der Waals surface area (Å²) in [5.74, 6) is -0.575. The summed E-state index contributed by atoms with van der Waals surface area (Å²) in [4.78, 5) is 0. The van der Waals surface area contributed by atoms with Crippen molar-refractivity contribution in [3.63, 3.8) is 0 Å². The molecule has 0 bridgehead atoms. The van der Waals surface area contributed by atoms with Crippen LogP contribution in [0.4, 0.5) is 0 Å². The Bertz CT molecular complexity index is 179. The van der Waals surface area contributed by atoms with Crippen molar-refractivity contribution < 1.29 is 14.6 Å². The van der Waals surface area contributed by atoms with Gasteiger partial charge in [-0.25, -0.2) is 0 Å². The normalized spacial score (nSPS) is 34.7. The molecular weight excluding hydrogens is 271 g/mol. The molecule has 1 aliphatic rings. The fourth-order valence-electron chi connectivity index (χ4n) is 1.24. The first-order chi connectivity index (χ1) is 5.59. The molecule has 0 saturated carbocycles. The van der Waals surface area contributed by atoms with E-state index in [4.69, 9.17) is 14.6 Å². The Hall–Kier alpha value is 0.350. The number of aliphatic hydroxyl groups is 1. The molecule has 0 aromatic carbocycles. The van der Waals surface area contributed by atoms with Crippen LogP contribution >= 0.6 is 22.6 Å². The summed E-state index contributed by atoms with van der Waals surface area (Å²) in [5.41, 5.74) is 0. The molecule has 1 fully saturated rings. The monoisotopic (exact) mass is 284 g/mol. The van der Waals surface area contributed by atoms with Gasteiger partial charge in [0.25, 0.3) is 0 Å². The second-order valence-electron chi connectivity index (χ2n) is 3.14. The summed E-state index contributed by atoms with van der Waals surface area (Å²) in [7, 11) is 0. The molecule has 1 aliphatic heterocycles. The summed E-state index contributed by atoms with van der Waals surface area (Å²) in [6, 6.07) is 0. The average Bonchev–Trinajstić information content (AvgIpc) is 2.26. The summed E-state index contributed by atoms with van der Waals surface area (Å²) >= 11 is 2.12. The Balaban J connectivity index is 2.63. The third-order valence-electron chi connectivity index (χ3n) is 1.66. The van der Waals surface area contributed by atoms with Gasteiger partial charge in [0.2, 0.25) is 0 Å². The van der Waals surface area contributed by atoms with Crippen LogP contribution in [-0.4, -0.2) is 29.7 Å². The predicted octanol–water partition coefficient (Wildman–Crippen LogP) is 1.45. The Morgan fingerprint density at radius 1 is 1.50 bits per heavy atom. The van der Waals surface area contributed by atoms with Crippen LogP contribution in [0, 0.1) is 0 Å². The lowest BCUT2D eigenvalue weighted by Gasteiger charge is -2.15. The topological polar surface area (TPSA) is 38.7 Å². The average molecular weight is 284 g/mol. The van der Waals surface area contributed by atoms with Crippen molar-refractivity contribution in [2.24, 2.45) is 0 Å². The van der Waals surface area contributed by atoms with Crippen LogP contribution in [0.1, 0.15) is 13.8 Å². The predicted molar refractivity (Wildman–Crippen MR) is 54.1 cm³/mol. The summed E-state index contributed by atoms with van der Waals surface area (Å²) in [6.45, 7) is 3.68. The van der Waals surface area contributed by atoms with E-state index in [0.29, 0.717) is 0 Å². The van der Waals surface area contributed by atoms with Crippen LogP contribution in [-0.2, 0) is 9.47 Å². The quantitative estimate of drug-likeness (QED) is 0.780. The van der Waals surface area contributed by atoms with E-state index in [2.05, 4.69) is 22.6 Å². The molecule has 0 aliphatic carbocycles. The number of hydrogen-bond donors (Lipinski definition) is 1. The van der Waals surface area contributed by atoms with Gasteiger partial charge in [-0.05, 0) is 24.0 Å². The molecular formula is C8H13IO3. The second kappa shape index (κ2) is 4.04. The van der Waals surface area contributed by atoms with Gasteiger partial charge in [0.1, 0.15) is 12.2 Å². The van der Waals surface area contributed by atoms with Gasteiger partial charge in [0.15, 0.2) is 5.79 Å². The summed E-state index contributed by atoms with van der Waals surface area (Å²) in [6.07, 6.45) is 1.53. The van der Waals surface area contributed by atoms with Crippen LogP contribution in [0.3, 0.4) is 0 Å². The van der Waals surface area contributed by atoms with Crippen molar-refractivity contribution in [3.05, 3.63) is 10.2 Å². The Labute approximate surface area is 85.9 Å². The highest BCUT2D eigenvalue weighted by atomic mass is 127. The molecule has 1 rings (SSSR count). The minimum atomic E-state index is -0.575. The molecule has 0 aromatic heterocycles. The zero-order valence-corrected chi connectivity index (χ0v) is 9.32. The Morgan fingerprint density at radius 2 is 2.17 bits per heavy atom. The maximum atomic E-state index is 8.95. The number of halogens is 1. The van der Waals surface area contributed by atoms with E-state index in [-0.39, 0.29) is 18.8 Å². The van der Waals surface area contributed by atoms with Gasteiger partial charge < -0.3 is 14.6 Å². The molecule has 70 valence electrons. The van der Waals surface area contributed by atoms with Gasteiger partial charge in [0.05, 0.1) is 6.61 Å². The molecule has 0 amide bonds. The van der Waals surface area contributed by atoms with Crippen LogP contribution in [0.15, 0.2) is 10.2 Å². The zero-order valence-electron chi connectivity index (χ0n) is 7.16. The smallest absolute Gasteiger partial charge is 0.164 e. The van der Waals surface area contributed by atoms with E-state index in [1.807, 2.05) is 24.0 Å². The molecule has 1 N–H and O–H groups in total. The van der Waals surface area contributed by atoms with Crippen molar-refractivity contribution in [1.82, 2.24) is 0 Å². The third kappa shape index (κ3) is 2.42. The molecule has 1 heterocycles. The largest absolute Gasteiger partial charge is 0.394 e. The molecule has 1 saturated heterocycles. The highest BCUT2D eigenvalue weighted by molar-refractivity contribution is 14.1. The van der Waals surface area contributed by atoms with E-state index in [0.717, 1.165) is 0 Å². The van der Waals surface area contributed by atoms with Gasteiger partial charge >= 0.3 is 0 Å². The lowest BCUT2D eigenvalue weighted by atomic mass is 10.2. The number of rotatable bonds is 2. The van der Waals surface area contributed by atoms with Crippen LogP contribution in [0.2, 0.25) is 0 Å². The van der Waals surface area contributed by atoms with E-state index >= 15 is 0 Å². The first-order valence-electron chi connectivity index (χ1n) is 3.82. The maximum Gasteiger partial charge on any atom is 0.164 e. The first-order valence-corrected chi connectivity index (χ1v) is 5.07. The minimum Gasteiger partial charge on any atom is -0.394 e. The van der Waals surface area contributed by atoms with Crippen LogP contribution in [0.5, 0.6) is 0 Å². The van der Waals surface area contributed by atoms with Gasteiger partial charge in [-0.3, -0.25) is 0 Å². The number of aliphatic hydroxyl groups excluding tert-OH is 1. The van der Waals surface area contributed by atoms with Crippen molar-refractivity contribution in [2.45, 2.75) is 31.8 Å². The second-order valence-corrected chi connectivity index (χ2v) is 3.86. The van der Waals surface area contributed by atoms with E-state index in [1.165, 1.54) is 0 Å². The molecule has 3 nitrogen and oxygen atoms in total. The van der Waals surface area contributed by atoms with Gasteiger partial charge in [-0.2, -0.15) is 0 Å². The summed E-state index contributed by atoms with van der Waals surface area (Å²) in [5, 5.41) is 8.95. The first kappa shape index (κ1) is 10.4. The minimum absolute atomic E-state index is 0.00488. The van der Waals surface area contributed by atoms with E-state index < -0.39 is 5.79 Å². The van der Waals surface area contributed by atoms with Crippen molar-refractivity contribution in [2.75, 3.05) is 6.61 Å². The van der Waals surface area contributed by atoms with Crippen LogP contribution in [0.25, 0.3) is 0 Å². The van der Waals surface area contributed by atoms with E-state index in [9.17, 15) is 0 Å². The van der Waals surface area contributed by atoms with Crippen molar-refractivity contribution in [3.8, 4) is 0 Å². The van der Waals surface area contributed by atoms with E-state index in [1.54, 1.807) is 0 Å². The molecule has 12 heavy (non-hydrogen) atoms. The highest BCUT2D eigenvalue weighted by Gasteiger charge is 2.39. The standard InChI is InChI=1S/C8H13IO3/c1-8(2)11-6(3-4-9)7(5-10)12-8/h3-4,6-7,10H,5H2,1-2H3/b4-3+/t6-,7-/m1/s1. The molecule has 0 aromatic rings. The molecule has 0 radical (unpaired) electrons. The van der Waals surface area contributed by atoms with Gasteiger partial charge in [-0.15, -0.1) is 0 Å². The molecule has 2 atom stereocenters. The van der Waals surface area contributed by atoms with Crippen molar-refractivity contribution >= 4 is 22.6 Å². The Morgan fingerprint density at radius 3 is 2.67 bits per heavy atom. The lowest BCUT2D eigenvalue weighted by molar-refractivity contribution is -0.146. The third-order valence-corrected chi connectivity index (χ3v) is 2.08. The fourth-order valence-corrected chi connectivity index (χ4v) is 1.65. The molecule has 4 heteroatoms. The summed E-state index contributed by atoms with van der Waals surface area (Å²) < 4.78 is 12.8. The fraction of sp³-hybridized carbons (Fsp3) is 0.750. The maximum absolute atomic E-state index is 8.95. The van der Waals surface area contributed by atoms with Crippen molar-refractivity contribution in [1.29, 1.82) is 0 Å². The zero-order chi connectivity index (χ0) is 9.19. The SMILES string of the molecule is CC1(C)O[C@H](/C=C/I)[C@@H](CO)O1. The number of hydrogen-bond acceptors (Lipinski definition) is 3. The molecule has 0 spiro atoms. The lowest BCUT2D eigenvalue weighted by Crippen LogP contribution is -2.24. The van der Waals surface area contributed by atoms with Gasteiger partial charge in [0, 0.05) is 0 Å². The molecule has 0 unspecified atom stereocenters. The number of ether oxygens (including phenoxy) is 2. The highest BCUT2D eigenvalue weighted by Crippen LogP contribution is 2.28.